The number of unbranched alkanes of at least 4 members (excludes halogenated alkanes) is 1. The molecule has 0 heterocycles. The Bertz CT molecular complexity index is 1070. The summed E-state index contributed by atoms with van der Waals surface area (Å²) in [5.74, 6) is -1.48. The minimum Gasteiger partial charge on any atom is -0.506 e. The van der Waals surface area contributed by atoms with E-state index >= 15 is 0 Å². The van der Waals surface area contributed by atoms with Gasteiger partial charge in [-0.3, -0.25) is 14.5 Å². The Hall–Kier alpha value is -3.11. The molecule has 37 heavy (non-hydrogen) atoms. The summed E-state index contributed by atoms with van der Waals surface area (Å²) in [6.45, 7) is 7.54. The zero-order chi connectivity index (χ0) is 27.6. The number of anilines is 1. The number of carbonyl (C=O) groups excluding carboxylic acids is 3. The highest BCUT2D eigenvalue weighted by Crippen LogP contribution is 2.35. The molecule has 0 spiro atoms. The lowest BCUT2D eigenvalue weighted by atomic mass is 10.0. The maximum absolute atomic E-state index is 13.7. The largest absolute Gasteiger partial charge is 0.506 e. The molecule has 4 N–H and O–H groups in total. The number of hydrogen-bond acceptors (Lipinski definition) is 6. The molecule has 0 bridgehead atoms. The van der Waals surface area contributed by atoms with Crippen LogP contribution in [0, 0.1) is 0 Å². The van der Waals surface area contributed by atoms with Crippen LogP contribution < -0.4 is 15.5 Å². The quantitative estimate of drug-likeness (QED) is 0.293. The predicted octanol–water partition coefficient (Wildman–Crippen LogP) is 4.42. The maximum Gasteiger partial charge on any atom is 0.407 e. The lowest BCUT2D eigenvalue weighted by Crippen LogP contribution is -2.48. The summed E-state index contributed by atoms with van der Waals surface area (Å²) in [6.07, 6.45) is -0.766. The van der Waals surface area contributed by atoms with Gasteiger partial charge in [0.25, 0.3) is 5.91 Å². The summed E-state index contributed by atoms with van der Waals surface area (Å²) in [5.41, 5.74) is -0.135. The molecule has 202 valence electrons. The van der Waals surface area contributed by atoms with E-state index in [9.17, 15) is 24.6 Å². The Morgan fingerprint density at radius 3 is 2.38 bits per heavy atom. The van der Waals surface area contributed by atoms with E-state index in [1.54, 1.807) is 57.2 Å². The third kappa shape index (κ3) is 9.36. The van der Waals surface area contributed by atoms with E-state index < -0.39 is 35.7 Å². The van der Waals surface area contributed by atoms with Crippen molar-refractivity contribution in [2.45, 2.75) is 64.7 Å². The third-order valence-electron chi connectivity index (χ3n) is 5.25. The molecule has 0 saturated heterocycles. The fourth-order valence-electron chi connectivity index (χ4n) is 3.54. The Labute approximate surface area is 226 Å². The van der Waals surface area contributed by atoms with E-state index in [0.29, 0.717) is 16.6 Å². The number of ether oxygens (including phenoxy) is 1. The number of halogens is 1. The normalized spacial score (nSPS) is 12.8. The molecule has 0 aliphatic heterocycles. The number of aliphatic hydroxyl groups is 1. The molecule has 9 nitrogen and oxygen atoms in total. The number of aliphatic hydroxyl groups excluding tert-OH is 1. The fraction of sp³-hybridized carbons (Fsp3) is 0.444. The number of carbonyl (C=O) groups is 3. The molecule has 0 fully saturated rings. The second-order valence-corrected chi connectivity index (χ2v) is 10.4. The van der Waals surface area contributed by atoms with Crippen LogP contribution in [0.25, 0.3) is 0 Å². The summed E-state index contributed by atoms with van der Waals surface area (Å²) in [7, 11) is 0. The van der Waals surface area contributed by atoms with Gasteiger partial charge in [0.15, 0.2) is 0 Å². The second kappa shape index (κ2) is 14.0. The van der Waals surface area contributed by atoms with Crippen molar-refractivity contribution >= 4 is 39.5 Å². The van der Waals surface area contributed by atoms with Crippen LogP contribution in [0.2, 0.25) is 0 Å². The molecule has 3 amide bonds. The van der Waals surface area contributed by atoms with Gasteiger partial charge in [0.2, 0.25) is 5.91 Å². The number of amides is 3. The van der Waals surface area contributed by atoms with E-state index in [1.807, 2.05) is 6.92 Å². The Balaban J connectivity index is 2.40. The van der Waals surface area contributed by atoms with Crippen LogP contribution in [0.4, 0.5) is 10.5 Å². The van der Waals surface area contributed by atoms with Crippen LogP contribution >= 0.6 is 15.9 Å². The number of rotatable bonds is 11. The van der Waals surface area contributed by atoms with Crippen molar-refractivity contribution in [1.82, 2.24) is 10.6 Å². The van der Waals surface area contributed by atoms with E-state index in [4.69, 9.17) is 4.74 Å². The number of phenolic OH excluding ortho intramolecular Hbond substituents is 1. The van der Waals surface area contributed by atoms with Gasteiger partial charge in [-0.15, -0.1) is 0 Å². The van der Waals surface area contributed by atoms with Gasteiger partial charge in [-0.2, -0.15) is 0 Å². The Morgan fingerprint density at radius 1 is 1.05 bits per heavy atom. The molecule has 0 aliphatic rings. The number of para-hydroxylation sites is 2. The summed E-state index contributed by atoms with van der Waals surface area (Å²) < 4.78 is 5.88. The van der Waals surface area contributed by atoms with Gasteiger partial charge in [-0.25, -0.2) is 4.79 Å². The summed E-state index contributed by atoms with van der Waals surface area (Å²) in [4.78, 5) is 40.2. The minimum atomic E-state index is -1.58. The van der Waals surface area contributed by atoms with Crippen molar-refractivity contribution in [3.05, 3.63) is 58.6 Å². The number of benzene rings is 2. The first-order valence-corrected chi connectivity index (χ1v) is 13.0. The van der Waals surface area contributed by atoms with Gasteiger partial charge in [0.05, 0.1) is 5.69 Å². The molecule has 0 saturated carbocycles. The SMILES string of the molecule is CCCCNC(=O)C(c1cccc(Br)c1)N(C(=O)[C@@H](O)CCNC(=O)OC(C)(C)C)c1ccccc1O. The monoisotopic (exact) mass is 577 g/mol. The molecule has 2 aromatic rings. The summed E-state index contributed by atoms with van der Waals surface area (Å²) in [5, 5.41) is 26.8. The molecule has 0 radical (unpaired) electrons. The van der Waals surface area contributed by atoms with Gasteiger partial charge in [0, 0.05) is 17.6 Å². The molecule has 10 heteroatoms. The van der Waals surface area contributed by atoms with Crippen LogP contribution in [-0.2, 0) is 14.3 Å². The van der Waals surface area contributed by atoms with E-state index in [1.165, 1.54) is 12.1 Å². The molecule has 2 rings (SSSR count). The lowest BCUT2D eigenvalue weighted by molar-refractivity contribution is -0.131. The van der Waals surface area contributed by atoms with E-state index in [0.717, 1.165) is 17.7 Å². The highest BCUT2D eigenvalue weighted by Gasteiger charge is 2.37. The van der Waals surface area contributed by atoms with Crippen molar-refractivity contribution in [3.8, 4) is 5.75 Å². The maximum atomic E-state index is 13.7. The predicted molar refractivity (Wildman–Crippen MR) is 145 cm³/mol. The number of hydrogen-bond donors (Lipinski definition) is 4. The molecular weight excluding hydrogens is 542 g/mol. The van der Waals surface area contributed by atoms with Gasteiger partial charge >= 0.3 is 6.09 Å². The van der Waals surface area contributed by atoms with Crippen molar-refractivity contribution in [1.29, 1.82) is 0 Å². The van der Waals surface area contributed by atoms with Gasteiger partial charge in [-0.05, 0) is 63.4 Å². The molecule has 0 aliphatic carbocycles. The topological polar surface area (TPSA) is 128 Å². The van der Waals surface area contributed by atoms with Gasteiger partial charge < -0.3 is 25.6 Å². The molecule has 2 atom stereocenters. The van der Waals surface area contributed by atoms with Crippen LogP contribution in [0.1, 0.15) is 58.6 Å². The fourth-order valence-corrected chi connectivity index (χ4v) is 3.96. The van der Waals surface area contributed by atoms with Crippen molar-refractivity contribution in [2.24, 2.45) is 0 Å². The first kappa shape index (κ1) is 30.1. The van der Waals surface area contributed by atoms with Crippen molar-refractivity contribution in [3.63, 3.8) is 0 Å². The second-order valence-electron chi connectivity index (χ2n) is 9.53. The number of alkyl carbamates (subject to hydrolysis) is 1. The van der Waals surface area contributed by atoms with Crippen molar-refractivity contribution < 1.29 is 29.3 Å². The zero-order valence-electron chi connectivity index (χ0n) is 21.7. The van der Waals surface area contributed by atoms with Crippen LogP contribution in [-0.4, -0.2) is 52.9 Å². The number of nitrogens with zero attached hydrogens (tertiary/aromatic N) is 1. The highest BCUT2D eigenvalue weighted by molar-refractivity contribution is 9.10. The standard InChI is InChI=1S/C27H36BrN3O6/c1-5-6-15-29-24(34)23(18-10-9-11-19(28)17-18)31(20-12-7-8-13-21(20)32)25(35)22(33)14-16-30-26(36)37-27(2,3)4/h7-13,17,22-23,32-33H,5-6,14-16H2,1-4H3,(H,29,34)(H,30,36)/t22-,23?/m0/s1. The first-order valence-electron chi connectivity index (χ1n) is 12.2. The average Bonchev–Trinajstić information content (AvgIpc) is 2.81. The minimum absolute atomic E-state index is 0.0410. The first-order chi connectivity index (χ1) is 17.4. The number of phenols is 1. The zero-order valence-corrected chi connectivity index (χ0v) is 23.2. The van der Waals surface area contributed by atoms with Gasteiger partial charge in [0.1, 0.15) is 23.5 Å². The molecule has 2 aromatic carbocycles. The lowest BCUT2D eigenvalue weighted by Gasteiger charge is -2.33. The number of aromatic hydroxyl groups is 1. The van der Waals surface area contributed by atoms with Crippen LogP contribution in [0.5, 0.6) is 5.75 Å². The van der Waals surface area contributed by atoms with Gasteiger partial charge in [-0.1, -0.05) is 53.5 Å². The summed E-state index contributed by atoms with van der Waals surface area (Å²) >= 11 is 3.41. The Kier molecular flexibility index (Phi) is 11.4. The van der Waals surface area contributed by atoms with E-state index in [2.05, 4.69) is 26.6 Å². The summed E-state index contributed by atoms with van der Waals surface area (Å²) in [6, 6.07) is 11.9. The number of nitrogens with one attached hydrogen (secondary N) is 2. The third-order valence-corrected chi connectivity index (χ3v) is 5.74. The highest BCUT2D eigenvalue weighted by atomic mass is 79.9. The smallest absolute Gasteiger partial charge is 0.407 e. The average molecular weight is 579 g/mol. The molecular formula is C27H36BrN3O6. The van der Waals surface area contributed by atoms with Crippen LogP contribution in [0.15, 0.2) is 53.0 Å². The van der Waals surface area contributed by atoms with E-state index in [-0.39, 0.29) is 24.4 Å². The molecule has 0 aromatic heterocycles. The molecule has 1 unspecified atom stereocenters. The Morgan fingerprint density at radius 2 is 1.76 bits per heavy atom. The van der Waals surface area contributed by atoms with Crippen LogP contribution in [0.3, 0.4) is 0 Å². The van der Waals surface area contributed by atoms with Crippen molar-refractivity contribution in [2.75, 3.05) is 18.0 Å².